The number of fused-ring (bicyclic) bond motifs is 1. The van der Waals surface area contributed by atoms with E-state index in [-0.39, 0.29) is 5.75 Å². The number of benzene rings is 1. The number of hydrogen-bond acceptors (Lipinski definition) is 2. The molecular formula is C10H9NO. The molecular weight excluding hydrogens is 150 g/mol. The first kappa shape index (κ1) is 6.98. The lowest BCUT2D eigenvalue weighted by Gasteiger charge is -2.05. The van der Waals surface area contributed by atoms with E-state index in [1.165, 1.54) is 0 Å². The minimum atomic E-state index is 0.281. The zero-order valence-electron chi connectivity index (χ0n) is 6.49. The smallest absolute Gasteiger partial charge is 0.139 e. The quantitative estimate of drug-likeness (QED) is 0.569. The van der Waals surface area contributed by atoms with E-state index in [0.29, 0.717) is 0 Å². The first-order chi connectivity index (χ1) is 5.88. The Morgan fingerprint density at radius 1 is 1.17 bits per heavy atom. The highest BCUT2D eigenvalue weighted by Crippen LogP contribution is 2.29. The summed E-state index contributed by atoms with van der Waals surface area (Å²) in [6, 6.07) is 5.44. The van der Waals surface area contributed by atoms with Gasteiger partial charge in [-0.3, -0.25) is 0 Å². The van der Waals surface area contributed by atoms with E-state index < -0.39 is 0 Å². The van der Waals surface area contributed by atoms with Gasteiger partial charge in [0, 0.05) is 11.8 Å². The first-order valence-electron chi connectivity index (χ1n) is 3.79. The van der Waals surface area contributed by atoms with Crippen molar-refractivity contribution >= 4 is 11.8 Å². The Hall–Kier alpha value is -1.70. The van der Waals surface area contributed by atoms with Crippen LogP contribution in [0.2, 0.25) is 0 Å². The van der Waals surface area contributed by atoms with Gasteiger partial charge in [-0.05, 0) is 12.1 Å². The van der Waals surface area contributed by atoms with Gasteiger partial charge in [-0.15, -0.1) is 0 Å². The molecule has 0 unspecified atom stereocenters. The van der Waals surface area contributed by atoms with Gasteiger partial charge in [0.15, 0.2) is 0 Å². The zero-order valence-corrected chi connectivity index (χ0v) is 6.49. The maximum absolute atomic E-state index is 9.45. The molecule has 0 radical (unpaired) electrons. The molecule has 1 aliphatic rings. The molecule has 0 saturated carbocycles. The lowest BCUT2D eigenvalue weighted by molar-refractivity contribution is 0.477. The van der Waals surface area contributed by atoms with Gasteiger partial charge in [-0.2, -0.15) is 0 Å². The van der Waals surface area contributed by atoms with Crippen LogP contribution < -0.4 is 5.32 Å². The number of allylic oxidation sites excluding steroid dienone is 2. The van der Waals surface area contributed by atoms with Gasteiger partial charge in [0.05, 0.1) is 5.69 Å². The van der Waals surface area contributed by atoms with E-state index in [9.17, 15) is 5.11 Å². The Balaban J connectivity index is 2.59. The molecule has 0 fully saturated rings. The Labute approximate surface area is 70.9 Å². The van der Waals surface area contributed by atoms with E-state index >= 15 is 0 Å². The number of nitrogens with one attached hydrogen (secondary N) is 1. The number of phenols is 1. The summed E-state index contributed by atoms with van der Waals surface area (Å²) in [5, 5.41) is 12.5. The van der Waals surface area contributed by atoms with Crippen LogP contribution in [0.25, 0.3) is 6.08 Å². The molecule has 2 rings (SSSR count). The molecule has 0 bridgehead atoms. The molecule has 2 N–H and O–H groups in total. The molecule has 0 atom stereocenters. The summed E-state index contributed by atoms with van der Waals surface area (Å²) in [7, 11) is 0. The summed E-state index contributed by atoms with van der Waals surface area (Å²) >= 11 is 0. The van der Waals surface area contributed by atoms with Gasteiger partial charge >= 0.3 is 0 Å². The molecule has 0 spiro atoms. The fourth-order valence-corrected chi connectivity index (χ4v) is 1.20. The average Bonchev–Trinajstić information content (AvgIpc) is 2.30. The summed E-state index contributed by atoms with van der Waals surface area (Å²) in [5.41, 5.74) is 1.77. The van der Waals surface area contributed by atoms with Gasteiger partial charge in [0.25, 0.3) is 0 Å². The average molecular weight is 159 g/mol. The van der Waals surface area contributed by atoms with Crippen LogP contribution in [0, 0.1) is 0 Å². The van der Waals surface area contributed by atoms with Crippen LogP contribution in [0.15, 0.2) is 36.6 Å². The van der Waals surface area contributed by atoms with Crippen LogP contribution in [0.4, 0.5) is 5.69 Å². The lowest BCUT2D eigenvalue weighted by atomic mass is 10.1. The Morgan fingerprint density at radius 2 is 2.08 bits per heavy atom. The Morgan fingerprint density at radius 3 is 3.00 bits per heavy atom. The van der Waals surface area contributed by atoms with Crippen molar-refractivity contribution in [2.45, 2.75) is 0 Å². The fraction of sp³-hybridized carbons (Fsp3) is 0. The van der Waals surface area contributed by atoms with E-state index in [2.05, 4.69) is 5.32 Å². The number of phenolic OH excluding ortho intramolecular Hbond substituents is 1. The normalized spacial score (nSPS) is 13.3. The summed E-state index contributed by atoms with van der Waals surface area (Å²) in [6.07, 6.45) is 7.56. The molecule has 60 valence electrons. The molecule has 1 aromatic rings. The second kappa shape index (κ2) is 2.74. The SMILES string of the molecule is Oc1cccc2c1NC=CC=C2. The molecule has 0 aromatic heterocycles. The summed E-state index contributed by atoms with van der Waals surface area (Å²) in [4.78, 5) is 0. The minimum absolute atomic E-state index is 0.281. The molecule has 2 heteroatoms. The van der Waals surface area contributed by atoms with E-state index in [0.717, 1.165) is 11.3 Å². The lowest BCUT2D eigenvalue weighted by Crippen LogP contribution is -1.89. The highest BCUT2D eigenvalue weighted by molar-refractivity contribution is 5.74. The summed E-state index contributed by atoms with van der Waals surface area (Å²) in [6.45, 7) is 0. The predicted molar refractivity (Wildman–Crippen MR) is 49.9 cm³/mol. The highest BCUT2D eigenvalue weighted by Gasteiger charge is 2.03. The largest absolute Gasteiger partial charge is 0.506 e. The van der Waals surface area contributed by atoms with Crippen molar-refractivity contribution in [3.8, 4) is 5.75 Å². The van der Waals surface area contributed by atoms with E-state index in [4.69, 9.17) is 0 Å². The summed E-state index contributed by atoms with van der Waals surface area (Å²) in [5.74, 6) is 0.281. The molecule has 0 saturated heterocycles. The number of hydrogen-bond donors (Lipinski definition) is 2. The van der Waals surface area contributed by atoms with Crippen LogP contribution in [0.1, 0.15) is 5.56 Å². The zero-order chi connectivity index (χ0) is 8.39. The van der Waals surface area contributed by atoms with E-state index in [1.54, 1.807) is 12.3 Å². The maximum atomic E-state index is 9.45. The van der Waals surface area contributed by atoms with Gasteiger partial charge < -0.3 is 10.4 Å². The van der Waals surface area contributed by atoms with Gasteiger partial charge in [-0.1, -0.05) is 24.3 Å². The molecule has 2 nitrogen and oxygen atoms in total. The van der Waals surface area contributed by atoms with Crippen LogP contribution in [0.3, 0.4) is 0 Å². The van der Waals surface area contributed by atoms with Crippen molar-refractivity contribution in [3.05, 3.63) is 42.1 Å². The van der Waals surface area contributed by atoms with Crippen molar-refractivity contribution in [1.82, 2.24) is 0 Å². The fourth-order valence-electron chi connectivity index (χ4n) is 1.20. The summed E-state index contributed by atoms with van der Waals surface area (Å²) < 4.78 is 0. The second-order valence-corrected chi connectivity index (χ2v) is 2.60. The third-order valence-corrected chi connectivity index (χ3v) is 1.79. The van der Waals surface area contributed by atoms with Crippen molar-refractivity contribution < 1.29 is 5.11 Å². The predicted octanol–water partition coefficient (Wildman–Crippen LogP) is 2.34. The topological polar surface area (TPSA) is 32.3 Å². The standard InChI is InChI=1S/C10H9NO/c12-9-6-3-5-8-4-1-2-7-11-10(8)9/h1-7,11-12H. The van der Waals surface area contributed by atoms with Crippen molar-refractivity contribution in [2.75, 3.05) is 5.32 Å². The Bertz CT molecular complexity index is 353. The third kappa shape index (κ3) is 1.07. The van der Waals surface area contributed by atoms with Crippen LogP contribution in [0.5, 0.6) is 5.75 Å². The van der Waals surface area contributed by atoms with Crippen LogP contribution in [-0.4, -0.2) is 5.11 Å². The van der Waals surface area contributed by atoms with E-state index in [1.807, 2.05) is 30.4 Å². The molecule has 0 aliphatic carbocycles. The van der Waals surface area contributed by atoms with Crippen molar-refractivity contribution in [3.63, 3.8) is 0 Å². The van der Waals surface area contributed by atoms with Gasteiger partial charge in [0.2, 0.25) is 0 Å². The first-order valence-corrected chi connectivity index (χ1v) is 3.79. The molecule has 0 amide bonds. The number of aromatic hydroxyl groups is 1. The van der Waals surface area contributed by atoms with Gasteiger partial charge in [-0.25, -0.2) is 0 Å². The highest BCUT2D eigenvalue weighted by atomic mass is 16.3. The maximum Gasteiger partial charge on any atom is 0.139 e. The van der Waals surface area contributed by atoms with Gasteiger partial charge in [0.1, 0.15) is 5.75 Å². The number of rotatable bonds is 0. The molecule has 12 heavy (non-hydrogen) atoms. The van der Waals surface area contributed by atoms with Crippen molar-refractivity contribution in [1.29, 1.82) is 0 Å². The van der Waals surface area contributed by atoms with Crippen LogP contribution in [-0.2, 0) is 0 Å². The monoisotopic (exact) mass is 159 g/mol. The Kier molecular flexibility index (Phi) is 1.59. The second-order valence-electron chi connectivity index (χ2n) is 2.60. The number of para-hydroxylation sites is 1. The third-order valence-electron chi connectivity index (χ3n) is 1.79. The molecule has 1 heterocycles. The molecule has 1 aromatic carbocycles. The van der Waals surface area contributed by atoms with Crippen LogP contribution >= 0.6 is 0 Å². The van der Waals surface area contributed by atoms with Crippen molar-refractivity contribution in [2.24, 2.45) is 0 Å². The molecule has 1 aliphatic heterocycles. The number of anilines is 1. The minimum Gasteiger partial charge on any atom is -0.506 e.